The summed E-state index contributed by atoms with van der Waals surface area (Å²) >= 11 is 0. The highest BCUT2D eigenvalue weighted by Gasteiger charge is 2.32. The predicted octanol–water partition coefficient (Wildman–Crippen LogP) is 2.42. The molecule has 2 aliphatic rings. The van der Waals surface area contributed by atoms with Crippen LogP contribution in [0, 0.1) is 5.92 Å². The maximum absolute atomic E-state index is 12.4. The standard InChI is InChI=1S/C17H25N3O/c1-11(2)20-9-12(3)16(10-20)19-17(21)15-8-14(6-7-18-15)13-4-5-13/h6-8,11-13,16H,4-5,9-10H2,1-3H3,(H,19,21)/t12-,16+/m0/s1. The van der Waals surface area contributed by atoms with Crippen molar-refractivity contribution >= 4 is 5.91 Å². The van der Waals surface area contributed by atoms with Gasteiger partial charge in [-0.3, -0.25) is 14.7 Å². The van der Waals surface area contributed by atoms with Crippen molar-refractivity contribution in [2.24, 2.45) is 5.92 Å². The molecule has 1 saturated heterocycles. The maximum atomic E-state index is 12.4. The fraction of sp³-hybridized carbons (Fsp3) is 0.647. The summed E-state index contributed by atoms with van der Waals surface area (Å²) in [5, 5.41) is 3.17. The first-order chi connectivity index (χ1) is 10.0. The first-order valence-electron chi connectivity index (χ1n) is 8.05. The lowest BCUT2D eigenvalue weighted by Gasteiger charge is -2.20. The van der Waals surface area contributed by atoms with Gasteiger partial charge in [0.25, 0.3) is 5.91 Å². The van der Waals surface area contributed by atoms with Gasteiger partial charge < -0.3 is 5.32 Å². The van der Waals surface area contributed by atoms with Crippen molar-refractivity contribution in [3.05, 3.63) is 29.6 Å². The van der Waals surface area contributed by atoms with Gasteiger partial charge in [0.15, 0.2) is 0 Å². The first-order valence-corrected chi connectivity index (χ1v) is 8.05. The van der Waals surface area contributed by atoms with Gasteiger partial charge in [-0.25, -0.2) is 0 Å². The molecule has 2 atom stereocenters. The number of likely N-dealkylation sites (tertiary alicyclic amines) is 1. The molecule has 2 fully saturated rings. The van der Waals surface area contributed by atoms with E-state index in [2.05, 4.69) is 36.0 Å². The lowest BCUT2D eigenvalue weighted by atomic mass is 10.1. The Morgan fingerprint density at radius 3 is 2.76 bits per heavy atom. The largest absolute Gasteiger partial charge is 0.346 e. The molecule has 4 heteroatoms. The van der Waals surface area contributed by atoms with Gasteiger partial charge in [0.05, 0.1) is 0 Å². The lowest BCUT2D eigenvalue weighted by molar-refractivity contribution is 0.0925. The molecule has 0 aromatic carbocycles. The van der Waals surface area contributed by atoms with Crippen LogP contribution in [0.15, 0.2) is 18.3 Å². The van der Waals surface area contributed by atoms with Crippen molar-refractivity contribution < 1.29 is 4.79 Å². The van der Waals surface area contributed by atoms with Crippen molar-refractivity contribution in [2.45, 2.75) is 51.6 Å². The summed E-state index contributed by atoms with van der Waals surface area (Å²) in [5.74, 6) is 1.12. The number of aromatic nitrogens is 1. The zero-order valence-corrected chi connectivity index (χ0v) is 13.2. The fourth-order valence-electron chi connectivity index (χ4n) is 3.10. The molecule has 1 aliphatic heterocycles. The number of hydrogen-bond acceptors (Lipinski definition) is 3. The average molecular weight is 287 g/mol. The molecule has 2 heterocycles. The number of carbonyl (C=O) groups is 1. The molecule has 1 aromatic heterocycles. The zero-order chi connectivity index (χ0) is 15.0. The summed E-state index contributed by atoms with van der Waals surface area (Å²) in [4.78, 5) is 19.1. The van der Waals surface area contributed by atoms with Crippen LogP contribution in [-0.4, -0.2) is 41.0 Å². The molecule has 1 amide bonds. The van der Waals surface area contributed by atoms with E-state index in [1.807, 2.05) is 12.1 Å². The predicted molar refractivity (Wildman–Crippen MR) is 83.3 cm³/mol. The molecule has 114 valence electrons. The minimum absolute atomic E-state index is 0.0278. The minimum atomic E-state index is -0.0278. The van der Waals surface area contributed by atoms with E-state index < -0.39 is 0 Å². The van der Waals surface area contributed by atoms with E-state index in [0.29, 0.717) is 23.6 Å². The Labute approximate surface area is 126 Å². The Morgan fingerprint density at radius 1 is 1.38 bits per heavy atom. The molecular weight excluding hydrogens is 262 g/mol. The monoisotopic (exact) mass is 287 g/mol. The Bertz CT molecular complexity index is 525. The first kappa shape index (κ1) is 14.5. The molecule has 1 saturated carbocycles. The van der Waals surface area contributed by atoms with Gasteiger partial charge in [0.1, 0.15) is 5.69 Å². The third kappa shape index (κ3) is 3.26. The SMILES string of the molecule is CC(C)N1C[C@H](C)[C@H](NC(=O)c2cc(C3CC3)ccn2)C1. The van der Waals surface area contributed by atoms with E-state index >= 15 is 0 Å². The van der Waals surface area contributed by atoms with E-state index in [0.717, 1.165) is 13.1 Å². The maximum Gasteiger partial charge on any atom is 0.270 e. The van der Waals surface area contributed by atoms with E-state index in [-0.39, 0.29) is 11.9 Å². The second-order valence-electron chi connectivity index (χ2n) is 6.85. The van der Waals surface area contributed by atoms with Crippen molar-refractivity contribution in [1.82, 2.24) is 15.2 Å². The Kier molecular flexibility index (Phi) is 3.98. The van der Waals surface area contributed by atoms with Gasteiger partial charge in [-0.2, -0.15) is 0 Å². The van der Waals surface area contributed by atoms with E-state index in [1.54, 1.807) is 6.20 Å². The third-order valence-electron chi connectivity index (χ3n) is 4.75. The molecule has 0 bridgehead atoms. The molecule has 3 rings (SSSR count). The fourth-order valence-corrected chi connectivity index (χ4v) is 3.10. The average Bonchev–Trinajstić information content (AvgIpc) is 3.24. The van der Waals surface area contributed by atoms with E-state index in [9.17, 15) is 4.79 Å². The molecule has 1 aromatic rings. The molecule has 1 N–H and O–H groups in total. The van der Waals surface area contributed by atoms with Gasteiger partial charge in [-0.05, 0) is 56.2 Å². The Hall–Kier alpha value is -1.42. The highest BCUT2D eigenvalue weighted by Crippen LogP contribution is 2.39. The van der Waals surface area contributed by atoms with Crippen LogP contribution in [-0.2, 0) is 0 Å². The molecule has 21 heavy (non-hydrogen) atoms. The highest BCUT2D eigenvalue weighted by molar-refractivity contribution is 5.92. The van der Waals surface area contributed by atoms with Crippen molar-refractivity contribution in [3.63, 3.8) is 0 Å². The van der Waals surface area contributed by atoms with Gasteiger partial charge >= 0.3 is 0 Å². The lowest BCUT2D eigenvalue weighted by Crippen LogP contribution is -2.40. The van der Waals surface area contributed by atoms with Crippen LogP contribution in [0.3, 0.4) is 0 Å². The second-order valence-corrected chi connectivity index (χ2v) is 6.85. The van der Waals surface area contributed by atoms with Crippen molar-refractivity contribution in [1.29, 1.82) is 0 Å². The van der Waals surface area contributed by atoms with Crippen LogP contribution >= 0.6 is 0 Å². The number of nitrogens with one attached hydrogen (secondary N) is 1. The van der Waals surface area contributed by atoms with E-state index in [1.165, 1.54) is 18.4 Å². The Morgan fingerprint density at radius 2 is 2.14 bits per heavy atom. The summed E-state index contributed by atoms with van der Waals surface area (Å²) in [7, 11) is 0. The topological polar surface area (TPSA) is 45.2 Å². The molecule has 0 spiro atoms. The van der Waals surface area contributed by atoms with Crippen molar-refractivity contribution in [3.8, 4) is 0 Å². The molecule has 0 radical (unpaired) electrons. The number of pyridine rings is 1. The van der Waals surface area contributed by atoms with Crippen LogP contribution in [0.5, 0.6) is 0 Å². The minimum Gasteiger partial charge on any atom is -0.346 e. The smallest absolute Gasteiger partial charge is 0.270 e. The normalized spacial score (nSPS) is 26.3. The van der Waals surface area contributed by atoms with Crippen LogP contribution in [0.25, 0.3) is 0 Å². The molecular formula is C17H25N3O. The quantitative estimate of drug-likeness (QED) is 0.925. The van der Waals surface area contributed by atoms with Crippen LogP contribution < -0.4 is 5.32 Å². The zero-order valence-electron chi connectivity index (χ0n) is 13.2. The summed E-state index contributed by atoms with van der Waals surface area (Å²) < 4.78 is 0. The second kappa shape index (κ2) is 5.76. The van der Waals surface area contributed by atoms with Gasteiger partial charge in [0.2, 0.25) is 0 Å². The Balaban J connectivity index is 1.64. The number of nitrogens with zero attached hydrogens (tertiary/aromatic N) is 2. The number of carbonyl (C=O) groups excluding carboxylic acids is 1. The molecule has 4 nitrogen and oxygen atoms in total. The summed E-state index contributed by atoms with van der Waals surface area (Å²) in [6.45, 7) is 8.61. The number of rotatable bonds is 4. The van der Waals surface area contributed by atoms with Gasteiger partial charge in [-0.1, -0.05) is 6.92 Å². The van der Waals surface area contributed by atoms with Gasteiger partial charge in [-0.15, -0.1) is 0 Å². The van der Waals surface area contributed by atoms with Crippen molar-refractivity contribution in [2.75, 3.05) is 13.1 Å². The molecule has 0 unspecified atom stereocenters. The van der Waals surface area contributed by atoms with Crippen LogP contribution in [0.1, 0.15) is 55.6 Å². The van der Waals surface area contributed by atoms with E-state index in [4.69, 9.17) is 0 Å². The van der Waals surface area contributed by atoms with Crippen LogP contribution in [0.2, 0.25) is 0 Å². The third-order valence-corrected chi connectivity index (χ3v) is 4.75. The summed E-state index contributed by atoms with van der Waals surface area (Å²) in [6.07, 6.45) is 4.25. The molecule has 1 aliphatic carbocycles. The highest BCUT2D eigenvalue weighted by atomic mass is 16.2. The summed E-state index contributed by atoms with van der Waals surface area (Å²) in [5.41, 5.74) is 1.83. The van der Waals surface area contributed by atoms with Crippen LogP contribution in [0.4, 0.5) is 0 Å². The number of hydrogen-bond donors (Lipinski definition) is 1. The van der Waals surface area contributed by atoms with Gasteiger partial charge in [0, 0.05) is 31.4 Å². The summed E-state index contributed by atoms with van der Waals surface area (Å²) in [6, 6.07) is 4.76. The number of amides is 1.